The molecule has 3 rings (SSSR count). The predicted molar refractivity (Wildman–Crippen MR) is 89.9 cm³/mol. The molecule has 1 aromatic carbocycles. The van der Waals surface area contributed by atoms with Gasteiger partial charge in [0.15, 0.2) is 0 Å². The molecule has 0 bridgehead atoms. The Morgan fingerprint density at radius 3 is 2.77 bits per heavy atom. The largest absolute Gasteiger partial charge is 0.497 e. The van der Waals surface area contributed by atoms with Gasteiger partial charge in [0.25, 0.3) is 0 Å². The first-order valence-electron chi connectivity index (χ1n) is 8.58. The highest BCUT2D eigenvalue weighted by Gasteiger charge is 2.20. The highest BCUT2D eigenvalue weighted by molar-refractivity contribution is 5.51. The zero-order chi connectivity index (χ0) is 15.2. The molecular formula is C18H28N2O2. The molecule has 2 heterocycles. The molecule has 0 spiro atoms. The van der Waals surface area contributed by atoms with Crippen LogP contribution in [0.1, 0.15) is 25.7 Å². The molecule has 22 heavy (non-hydrogen) atoms. The van der Waals surface area contributed by atoms with Crippen molar-refractivity contribution in [2.75, 3.05) is 51.3 Å². The number of hydrogen-bond donors (Lipinski definition) is 0. The van der Waals surface area contributed by atoms with Crippen LogP contribution in [0, 0.1) is 0 Å². The normalized spacial score (nSPS) is 23.5. The molecule has 0 radical (unpaired) electrons. The van der Waals surface area contributed by atoms with Crippen LogP contribution >= 0.6 is 0 Å². The fourth-order valence-corrected chi connectivity index (χ4v) is 3.40. The average Bonchev–Trinajstić information content (AvgIpc) is 2.61. The first kappa shape index (κ1) is 15.6. The summed E-state index contributed by atoms with van der Waals surface area (Å²) in [7, 11) is 1.73. The summed E-state index contributed by atoms with van der Waals surface area (Å²) in [6, 6.07) is 8.38. The van der Waals surface area contributed by atoms with E-state index >= 15 is 0 Å². The maximum atomic E-state index is 5.83. The third-order valence-corrected chi connectivity index (χ3v) is 4.83. The van der Waals surface area contributed by atoms with Crippen molar-refractivity contribution < 1.29 is 9.47 Å². The van der Waals surface area contributed by atoms with Crippen LogP contribution in [-0.4, -0.2) is 57.4 Å². The lowest BCUT2D eigenvalue weighted by Crippen LogP contribution is -2.47. The Bertz CT molecular complexity index is 452. The second-order valence-corrected chi connectivity index (χ2v) is 6.31. The van der Waals surface area contributed by atoms with Crippen molar-refractivity contribution in [1.29, 1.82) is 0 Å². The molecule has 1 aromatic rings. The maximum absolute atomic E-state index is 5.83. The molecule has 0 amide bonds. The van der Waals surface area contributed by atoms with Gasteiger partial charge in [-0.3, -0.25) is 4.90 Å². The average molecular weight is 304 g/mol. The number of benzene rings is 1. The topological polar surface area (TPSA) is 24.9 Å². The lowest BCUT2D eigenvalue weighted by Gasteiger charge is -2.37. The standard InChI is InChI=1S/C18H28N2O2/c1-21-18-7-4-5-16(15-18)20-12-10-19(11-13-20)9-8-17-6-2-3-14-22-17/h4-5,7,15,17H,2-3,6,8-14H2,1H3/t17-/m0/s1. The van der Waals surface area contributed by atoms with E-state index < -0.39 is 0 Å². The number of nitrogens with zero attached hydrogens (tertiary/aromatic N) is 2. The highest BCUT2D eigenvalue weighted by Crippen LogP contribution is 2.22. The molecule has 1 atom stereocenters. The number of rotatable bonds is 5. The third kappa shape index (κ3) is 4.14. The highest BCUT2D eigenvalue weighted by atomic mass is 16.5. The van der Waals surface area contributed by atoms with Crippen LogP contribution in [-0.2, 0) is 4.74 Å². The Balaban J connectivity index is 1.43. The van der Waals surface area contributed by atoms with E-state index in [2.05, 4.69) is 28.0 Å². The number of methoxy groups -OCH3 is 1. The summed E-state index contributed by atoms with van der Waals surface area (Å²) in [4.78, 5) is 5.03. The Labute approximate surface area is 134 Å². The van der Waals surface area contributed by atoms with E-state index in [1.165, 1.54) is 37.9 Å². The number of hydrogen-bond acceptors (Lipinski definition) is 4. The lowest BCUT2D eigenvalue weighted by atomic mass is 10.1. The number of piperazine rings is 1. The molecule has 0 N–H and O–H groups in total. The minimum Gasteiger partial charge on any atom is -0.497 e. The van der Waals surface area contributed by atoms with Crippen LogP contribution in [0.5, 0.6) is 5.75 Å². The Hall–Kier alpha value is -1.26. The summed E-state index contributed by atoms with van der Waals surface area (Å²) in [5.74, 6) is 0.939. The summed E-state index contributed by atoms with van der Waals surface area (Å²) >= 11 is 0. The molecule has 4 nitrogen and oxygen atoms in total. The van der Waals surface area contributed by atoms with E-state index in [1.54, 1.807) is 7.11 Å². The molecule has 0 aliphatic carbocycles. The van der Waals surface area contributed by atoms with Crippen LogP contribution in [0.15, 0.2) is 24.3 Å². The molecule has 2 aliphatic heterocycles. The van der Waals surface area contributed by atoms with Crippen molar-refractivity contribution in [2.45, 2.75) is 31.8 Å². The molecule has 2 fully saturated rings. The minimum absolute atomic E-state index is 0.505. The molecule has 4 heteroatoms. The molecule has 2 saturated heterocycles. The van der Waals surface area contributed by atoms with Gasteiger partial charge >= 0.3 is 0 Å². The van der Waals surface area contributed by atoms with Gasteiger partial charge in [-0.15, -0.1) is 0 Å². The van der Waals surface area contributed by atoms with E-state index in [4.69, 9.17) is 9.47 Å². The van der Waals surface area contributed by atoms with Crippen LogP contribution in [0.25, 0.3) is 0 Å². The van der Waals surface area contributed by atoms with E-state index in [0.717, 1.165) is 38.5 Å². The molecule has 0 saturated carbocycles. The van der Waals surface area contributed by atoms with Gasteiger partial charge in [0, 0.05) is 51.1 Å². The second-order valence-electron chi connectivity index (χ2n) is 6.31. The summed E-state index contributed by atoms with van der Waals surface area (Å²) in [6.45, 7) is 6.62. The summed E-state index contributed by atoms with van der Waals surface area (Å²) in [6.07, 6.45) is 5.54. The van der Waals surface area contributed by atoms with Gasteiger partial charge in [-0.1, -0.05) is 6.07 Å². The van der Waals surface area contributed by atoms with Gasteiger partial charge < -0.3 is 14.4 Å². The molecule has 2 aliphatic rings. The quantitative estimate of drug-likeness (QED) is 0.835. The van der Waals surface area contributed by atoms with Gasteiger partial charge in [0.1, 0.15) is 5.75 Å². The number of ether oxygens (including phenoxy) is 2. The first-order valence-corrected chi connectivity index (χ1v) is 8.58. The van der Waals surface area contributed by atoms with Crippen LogP contribution in [0.4, 0.5) is 5.69 Å². The van der Waals surface area contributed by atoms with Crippen LogP contribution in [0.3, 0.4) is 0 Å². The van der Waals surface area contributed by atoms with Crippen LogP contribution < -0.4 is 9.64 Å². The monoisotopic (exact) mass is 304 g/mol. The minimum atomic E-state index is 0.505. The summed E-state index contributed by atoms with van der Waals surface area (Å²) < 4.78 is 11.2. The summed E-state index contributed by atoms with van der Waals surface area (Å²) in [5, 5.41) is 0. The van der Waals surface area contributed by atoms with E-state index in [9.17, 15) is 0 Å². The van der Waals surface area contributed by atoms with Crippen LogP contribution in [0.2, 0.25) is 0 Å². The third-order valence-electron chi connectivity index (χ3n) is 4.83. The zero-order valence-electron chi connectivity index (χ0n) is 13.7. The van der Waals surface area contributed by atoms with Gasteiger partial charge in [0.2, 0.25) is 0 Å². The van der Waals surface area contributed by atoms with Crippen molar-refractivity contribution in [3.8, 4) is 5.75 Å². The Morgan fingerprint density at radius 1 is 1.18 bits per heavy atom. The predicted octanol–water partition coefficient (Wildman–Crippen LogP) is 2.78. The smallest absolute Gasteiger partial charge is 0.120 e. The molecular weight excluding hydrogens is 276 g/mol. The molecule has 122 valence electrons. The Kier molecular flexibility index (Phi) is 5.57. The Morgan fingerprint density at radius 2 is 2.05 bits per heavy atom. The van der Waals surface area contributed by atoms with Crippen molar-refractivity contribution in [2.24, 2.45) is 0 Å². The fraction of sp³-hybridized carbons (Fsp3) is 0.667. The SMILES string of the molecule is COc1cccc(N2CCN(CC[C@@H]3CCCCO3)CC2)c1. The van der Waals surface area contributed by atoms with Crippen molar-refractivity contribution in [3.63, 3.8) is 0 Å². The lowest BCUT2D eigenvalue weighted by molar-refractivity contribution is 0.00526. The molecule has 0 aromatic heterocycles. The van der Waals surface area contributed by atoms with Crippen molar-refractivity contribution in [1.82, 2.24) is 4.90 Å². The van der Waals surface area contributed by atoms with Gasteiger partial charge in [-0.2, -0.15) is 0 Å². The maximum Gasteiger partial charge on any atom is 0.120 e. The van der Waals surface area contributed by atoms with Crippen molar-refractivity contribution >= 4 is 5.69 Å². The van der Waals surface area contributed by atoms with Gasteiger partial charge in [0.05, 0.1) is 13.2 Å². The van der Waals surface area contributed by atoms with E-state index in [1.807, 2.05) is 6.07 Å². The van der Waals surface area contributed by atoms with Gasteiger partial charge in [-0.05, 0) is 37.8 Å². The van der Waals surface area contributed by atoms with Gasteiger partial charge in [-0.25, -0.2) is 0 Å². The van der Waals surface area contributed by atoms with Crippen molar-refractivity contribution in [3.05, 3.63) is 24.3 Å². The first-order chi connectivity index (χ1) is 10.8. The number of anilines is 1. The zero-order valence-corrected chi connectivity index (χ0v) is 13.7. The fourth-order valence-electron chi connectivity index (χ4n) is 3.40. The second kappa shape index (κ2) is 7.84. The summed E-state index contributed by atoms with van der Waals surface area (Å²) in [5.41, 5.74) is 1.27. The van der Waals surface area contributed by atoms with E-state index in [-0.39, 0.29) is 0 Å². The molecule has 0 unspecified atom stereocenters. The van der Waals surface area contributed by atoms with E-state index in [0.29, 0.717) is 6.10 Å².